The lowest BCUT2D eigenvalue weighted by molar-refractivity contribution is 1.30. The highest BCUT2D eigenvalue weighted by Gasteiger charge is 2.27. The molecule has 0 fully saturated rings. The molecule has 0 spiro atoms. The molecule has 0 unspecified atom stereocenters. The first-order chi connectivity index (χ1) is 30.0. The molecule has 2 nitrogen and oxygen atoms in total. The summed E-state index contributed by atoms with van der Waals surface area (Å²) < 4.78 is 0. The van der Waals surface area contributed by atoms with Crippen LogP contribution in [-0.2, 0) is 0 Å². The molecule has 10 rings (SSSR count). The van der Waals surface area contributed by atoms with Crippen LogP contribution in [0.1, 0.15) is 0 Å². The maximum Gasteiger partial charge on any atom is 0.0776 e. The number of hydrogen-bond donors (Lipinski definition) is 0. The number of benzene rings is 10. The van der Waals surface area contributed by atoms with E-state index in [1.54, 1.807) is 0 Å². The largest absolute Gasteiger partial charge is 0.309 e. The number of para-hydroxylation sites is 2. The van der Waals surface area contributed by atoms with Crippen LogP contribution in [0.4, 0.5) is 34.1 Å². The van der Waals surface area contributed by atoms with Gasteiger partial charge in [0.15, 0.2) is 0 Å². The lowest BCUT2D eigenvalue weighted by atomic mass is 9.91. The minimum Gasteiger partial charge on any atom is -0.309 e. The zero-order valence-electron chi connectivity index (χ0n) is 36.5. The Balaban J connectivity index is 1.26. The Bertz CT molecular complexity index is 2970. The molecule has 10 aromatic carbocycles. The van der Waals surface area contributed by atoms with Crippen molar-refractivity contribution in [2.75, 3.05) is 9.80 Å². The maximum atomic E-state index is 2.52. The fourth-order valence-electron chi connectivity index (χ4n) is 9.22. The average molecular weight is 833 g/mol. The number of hydrogen-bond acceptors (Lipinski definition) is 2. The molecule has 0 aliphatic carbocycles. The van der Waals surface area contributed by atoms with Gasteiger partial charge in [0.25, 0.3) is 0 Å². The van der Waals surface area contributed by atoms with Gasteiger partial charge in [-0.05, 0) is 81.2 Å². The molecule has 0 aromatic heterocycles. The van der Waals surface area contributed by atoms with E-state index >= 15 is 0 Å². The summed E-state index contributed by atoms with van der Waals surface area (Å²) in [6.45, 7) is 14.7. The predicted octanol–water partition coefficient (Wildman–Crippen LogP) is 15.9. The molecule has 0 aliphatic rings. The van der Waals surface area contributed by atoms with E-state index in [1.807, 2.05) is 0 Å². The van der Waals surface area contributed by atoms with Crippen molar-refractivity contribution in [2.24, 2.45) is 0 Å². The quantitative estimate of drug-likeness (QED) is 0.100. The van der Waals surface area contributed by atoms with Crippen molar-refractivity contribution in [3.63, 3.8) is 0 Å². The Labute approximate surface area is 368 Å². The highest BCUT2D eigenvalue weighted by atomic mass is 28.3. The highest BCUT2D eigenvalue weighted by molar-refractivity contribution is 6.89. The van der Waals surface area contributed by atoms with E-state index in [9.17, 15) is 0 Å². The zero-order chi connectivity index (χ0) is 42.6. The molecular weight excluding hydrogens is 781 g/mol. The standard InChI is InChI=1S/C58H52N2Si2/c1-61(2,3)47-31-35-49(41-19-11-7-12-20-41)55(39-47)59(45-23-15-9-16-24-45)53-37-29-43-28-34-52-54(38-30-44-27-33-51(53)57(43)58(44)52)60(46-25-17-10-18-26-46)56-40-48(62(4,5)6)32-36-50(56)42-21-13-8-14-22-42/h7-40H,1-6H3. The van der Waals surface area contributed by atoms with Crippen molar-refractivity contribution < 1.29 is 0 Å². The molecule has 0 N–H and O–H groups in total. The Kier molecular flexibility index (Phi) is 9.94. The molecule has 0 bridgehead atoms. The minimum absolute atomic E-state index is 1.14. The second-order valence-electron chi connectivity index (χ2n) is 18.6. The Morgan fingerprint density at radius 1 is 0.306 bits per heavy atom. The van der Waals surface area contributed by atoms with E-state index in [0.29, 0.717) is 0 Å². The molecular formula is C58H52N2Si2. The van der Waals surface area contributed by atoms with E-state index in [4.69, 9.17) is 0 Å². The van der Waals surface area contributed by atoms with Gasteiger partial charge in [-0.1, -0.05) is 207 Å². The van der Waals surface area contributed by atoms with Crippen molar-refractivity contribution in [2.45, 2.75) is 39.3 Å². The van der Waals surface area contributed by atoms with Crippen LogP contribution in [0, 0.1) is 0 Å². The van der Waals surface area contributed by atoms with Crippen molar-refractivity contribution in [3.8, 4) is 22.3 Å². The predicted molar refractivity (Wildman–Crippen MR) is 276 cm³/mol. The first-order valence-corrected chi connectivity index (χ1v) is 28.9. The third-order valence-electron chi connectivity index (χ3n) is 12.5. The Morgan fingerprint density at radius 3 is 1.00 bits per heavy atom. The lowest BCUT2D eigenvalue weighted by Gasteiger charge is -2.32. The Hall–Kier alpha value is -6.73. The Morgan fingerprint density at radius 2 is 0.645 bits per heavy atom. The van der Waals surface area contributed by atoms with Crippen LogP contribution < -0.4 is 20.2 Å². The maximum absolute atomic E-state index is 2.52. The smallest absolute Gasteiger partial charge is 0.0776 e. The molecule has 0 saturated carbocycles. The summed E-state index contributed by atoms with van der Waals surface area (Å²) in [6.07, 6.45) is 0. The highest BCUT2D eigenvalue weighted by Crippen LogP contribution is 2.49. The summed E-state index contributed by atoms with van der Waals surface area (Å²) in [7, 11) is -3.37. The first-order valence-electron chi connectivity index (χ1n) is 21.9. The molecule has 0 radical (unpaired) electrons. The second-order valence-corrected chi connectivity index (χ2v) is 28.8. The number of rotatable bonds is 10. The van der Waals surface area contributed by atoms with E-state index in [1.165, 1.54) is 87.7 Å². The van der Waals surface area contributed by atoms with E-state index in [0.717, 1.165) is 11.4 Å². The van der Waals surface area contributed by atoms with E-state index < -0.39 is 16.1 Å². The SMILES string of the molecule is C[Si](C)(C)c1ccc(-c2ccccc2)c(N(c2ccccc2)c2ccc3ccc4c(N(c5ccccc5)c5cc([Si](C)(C)C)ccc5-c5ccccc5)ccc5ccc2c3c54)c1. The minimum atomic E-state index is -1.69. The van der Waals surface area contributed by atoms with Crippen LogP contribution in [0.5, 0.6) is 0 Å². The van der Waals surface area contributed by atoms with E-state index in [-0.39, 0.29) is 0 Å². The van der Waals surface area contributed by atoms with Crippen LogP contribution in [0.2, 0.25) is 39.3 Å². The van der Waals surface area contributed by atoms with Gasteiger partial charge >= 0.3 is 0 Å². The van der Waals surface area contributed by atoms with Crippen LogP contribution in [0.3, 0.4) is 0 Å². The van der Waals surface area contributed by atoms with Crippen molar-refractivity contribution in [1.82, 2.24) is 0 Å². The molecule has 4 heteroatoms. The van der Waals surface area contributed by atoms with Gasteiger partial charge in [-0.3, -0.25) is 0 Å². The summed E-state index contributed by atoms with van der Waals surface area (Å²) in [4.78, 5) is 5.03. The molecule has 0 atom stereocenters. The summed E-state index contributed by atoms with van der Waals surface area (Å²) >= 11 is 0. The van der Waals surface area contributed by atoms with Crippen LogP contribution in [0.15, 0.2) is 206 Å². The fourth-order valence-corrected chi connectivity index (χ4v) is 11.5. The van der Waals surface area contributed by atoms with Crippen molar-refractivity contribution in [3.05, 3.63) is 206 Å². The number of nitrogens with zero attached hydrogens (tertiary/aromatic N) is 2. The molecule has 0 aliphatic heterocycles. The van der Waals surface area contributed by atoms with E-state index in [2.05, 4.69) is 255 Å². The molecule has 0 amide bonds. The average Bonchev–Trinajstić information content (AvgIpc) is 3.30. The van der Waals surface area contributed by atoms with Crippen LogP contribution in [0.25, 0.3) is 54.6 Å². The number of anilines is 6. The molecule has 302 valence electrons. The summed E-state index contributed by atoms with van der Waals surface area (Å²) in [5.74, 6) is 0. The molecule has 10 aromatic rings. The van der Waals surface area contributed by atoms with Gasteiger partial charge in [-0.2, -0.15) is 0 Å². The van der Waals surface area contributed by atoms with Gasteiger partial charge < -0.3 is 9.80 Å². The molecule has 0 saturated heterocycles. The fraction of sp³-hybridized carbons (Fsp3) is 0.103. The van der Waals surface area contributed by atoms with Gasteiger partial charge in [-0.15, -0.1) is 0 Å². The zero-order valence-corrected chi connectivity index (χ0v) is 38.5. The van der Waals surface area contributed by atoms with Gasteiger partial charge in [0.05, 0.1) is 38.9 Å². The topological polar surface area (TPSA) is 6.48 Å². The van der Waals surface area contributed by atoms with Gasteiger partial charge in [0.2, 0.25) is 0 Å². The third kappa shape index (κ3) is 7.09. The van der Waals surface area contributed by atoms with Crippen molar-refractivity contribution >= 4 is 93.0 Å². The monoisotopic (exact) mass is 832 g/mol. The van der Waals surface area contributed by atoms with Gasteiger partial charge in [-0.25, -0.2) is 0 Å². The van der Waals surface area contributed by atoms with Crippen LogP contribution >= 0.6 is 0 Å². The van der Waals surface area contributed by atoms with Crippen LogP contribution in [-0.4, -0.2) is 16.1 Å². The molecule has 0 heterocycles. The van der Waals surface area contributed by atoms with Crippen molar-refractivity contribution in [1.29, 1.82) is 0 Å². The molecule has 62 heavy (non-hydrogen) atoms. The first kappa shape index (κ1) is 39.4. The second kappa shape index (κ2) is 15.6. The summed E-state index contributed by atoms with van der Waals surface area (Å²) in [5.41, 5.74) is 11.9. The normalized spacial score (nSPS) is 12.0. The summed E-state index contributed by atoms with van der Waals surface area (Å²) in [6, 6.07) is 76.8. The van der Waals surface area contributed by atoms with Gasteiger partial charge in [0.1, 0.15) is 0 Å². The summed E-state index contributed by atoms with van der Waals surface area (Å²) in [5, 5.41) is 10.4. The van der Waals surface area contributed by atoms with Gasteiger partial charge in [0, 0.05) is 33.3 Å². The third-order valence-corrected chi connectivity index (χ3v) is 16.6. The lowest BCUT2D eigenvalue weighted by Crippen LogP contribution is -2.37.